The van der Waals surface area contributed by atoms with E-state index in [2.05, 4.69) is 32.7 Å². The molecule has 34 heavy (non-hydrogen) atoms. The van der Waals surface area contributed by atoms with E-state index in [1.54, 1.807) is 6.20 Å². The topological polar surface area (TPSA) is 94.6 Å². The molecule has 3 amide bonds. The molecule has 3 saturated heterocycles. The fraction of sp³-hybridized carbons (Fsp3) is 0.462. The molecule has 1 aromatic heterocycles. The molecule has 8 nitrogen and oxygen atoms in total. The minimum absolute atomic E-state index is 0.0224. The average Bonchev–Trinajstić information content (AvgIpc) is 3.26. The number of piperidine rings is 1. The molecule has 178 valence electrons. The molecule has 3 aliphatic heterocycles. The van der Waals surface area contributed by atoms with Crippen molar-refractivity contribution in [2.45, 2.75) is 44.6 Å². The number of hydrogen-bond donors (Lipinski definition) is 2. The Kier molecular flexibility index (Phi) is 6.22. The zero-order chi connectivity index (χ0) is 23.7. The van der Waals surface area contributed by atoms with Crippen molar-refractivity contribution in [1.29, 1.82) is 0 Å². The number of carbonyl (C=O) groups excluding carboxylic acids is 3. The Balaban J connectivity index is 1.09. The summed E-state index contributed by atoms with van der Waals surface area (Å²) in [7, 11) is 0. The summed E-state index contributed by atoms with van der Waals surface area (Å²) in [4.78, 5) is 45.1. The number of nitrogens with one attached hydrogen (secondary N) is 2. The Bertz CT molecular complexity index is 1070. The quantitative estimate of drug-likeness (QED) is 0.713. The van der Waals surface area contributed by atoms with Gasteiger partial charge in [0.2, 0.25) is 17.7 Å². The zero-order valence-corrected chi connectivity index (χ0v) is 19.5. The standard InChI is InChI=1S/C26H31N5O3/c1-17-23(3-2-12-27-17)31-15-20(16-31)25(33)28-21-6-4-18(5-7-21)19-10-13-30(14-11-19)26(34)22-8-9-24(32)29-22/h2-7,12,19-20,22H,8-11,13-16H2,1H3,(H,28,33)(H,29,32)/t22-/m0/s1. The Morgan fingerprint density at radius 2 is 1.79 bits per heavy atom. The first-order chi connectivity index (χ1) is 16.5. The lowest BCUT2D eigenvalue weighted by Gasteiger charge is -2.40. The number of pyridine rings is 1. The molecule has 0 spiro atoms. The number of rotatable bonds is 5. The smallest absolute Gasteiger partial charge is 0.245 e. The van der Waals surface area contributed by atoms with Crippen molar-refractivity contribution >= 4 is 29.1 Å². The summed E-state index contributed by atoms with van der Waals surface area (Å²) >= 11 is 0. The maximum Gasteiger partial charge on any atom is 0.245 e. The van der Waals surface area contributed by atoms with Crippen molar-refractivity contribution < 1.29 is 14.4 Å². The predicted octanol–water partition coefficient (Wildman–Crippen LogP) is 2.45. The van der Waals surface area contributed by atoms with Crippen LogP contribution in [0.5, 0.6) is 0 Å². The van der Waals surface area contributed by atoms with Gasteiger partial charge in [-0.2, -0.15) is 0 Å². The van der Waals surface area contributed by atoms with E-state index in [0.717, 1.165) is 29.9 Å². The monoisotopic (exact) mass is 461 g/mol. The van der Waals surface area contributed by atoms with Crippen LogP contribution in [0.2, 0.25) is 0 Å². The summed E-state index contributed by atoms with van der Waals surface area (Å²) in [5.74, 6) is 0.450. The van der Waals surface area contributed by atoms with Crippen LogP contribution in [0.1, 0.15) is 42.9 Å². The fourth-order valence-corrected chi connectivity index (χ4v) is 5.19. The summed E-state index contributed by atoms with van der Waals surface area (Å²) in [6, 6.07) is 11.7. The summed E-state index contributed by atoms with van der Waals surface area (Å²) in [6.45, 7) is 4.82. The van der Waals surface area contributed by atoms with Crippen LogP contribution in [0.25, 0.3) is 0 Å². The number of likely N-dealkylation sites (tertiary alicyclic amines) is 1. The van der Waals surface area contributed by atoms with E-state index in [-0.39, 0.29) is 29.7 Å². The van der Waals surface area contributed by atoms with Gasteiger partial charge in [-0.05, 0) is 61.9 Å². The maximum absolute atomic E-state index is 12.7. The second-order valence-corrected chi connectivity index (χ2v) is 9.58. The van der Waals surface area contributed by atoms with Gasteiger partial charge in [0, 0.05) is 44.5 Å². The van der Waals surface area contributed by atoms with E-state index in [4.69, 9.17) is 0 Å². The molecule has 0 unspecified atom stereocenters. The maximum atomic E-state index is 12.7. The second-order valence-electron chi connectivity index (χ2n) is 9.58. The van der Waals surface area contributed by atoms with Crippen molar-refractivity contribution in [2.24, 2.45) is 5.92 Å². The highest BCUT2D eigenvalue weighted by atomic mass is 16.2. The molecule has 4 heterocycles. The van der Waals surface area contributed by atoms with Gasteiger partial charge in [0.1, 0.15) is 6.04 Å². The molecule has 0 saturated carbocycles. The lowest BCUT2D eigenvalue weighted by atomic mass is 9.89. The number of benzene rings is 1. The molecule has 3 aliphatic rings. The first-order valence-electron chi connectivity index (χ1n) is 12.1. The van der Waals surface area contributed by atoms with Crippen molar-refractivity contribution in [2.75, 3.05) is 36.4 Å². The van der Waals surface area contributed by atoms with Crippen LogP contribution in [0.15, 0.2) is 42.6 Å². The first kappa shape index (κ1) is 22.4. The van der Waals surface area contributed by atoms with Gasteiger partial charge in [-0.25, -0.2) is 0 Å². The molecule has 1 atom stereocenters. The van der Waals surface area contributed by atoms with Crippen LogP contribution < -0.4 is 15.5 Å². The zero-order valence-electron chi connectivity index (χ0n) is 19.5. The summed E-state index contributed by atoms with van der Waals surface area (Å²) < 4.78 is 0. The number of aromatic nitrogens is 1. The molecular formula is C26H31N5O3. The minimum Gasteiger partial charge on any atom is -0.368 e. The summed E-state index contributed by atoms with van der Waals surface area (Å²) in [5, 5.41) is 5.82. The van der Waals surface area contributed by atoms with E-state index in [1.165, 1.54) is 5.56 Å². The van der Waals surface area contributed by atoms with Crippen molar-refractivity contribution in [3.05, 3.63) is 53.9 Å². The van der Waals surface area contributed by atoms with Gasteiger partial charge in [0.05, 0.1) is 17.3 Å². The van der Waals surface area contributed by atoms with Crippen LogP contribution in [0, 0.1) is 12.8 Å². The lowest BCUT2D eigenvalue weighted by molar-refractivity contribution is -0.135. The molecule has 0 bridgehead atoms. The third-order valence-corrected chi connectivity index (χ3v) is 7.32. The number of nitrogens with zero attached hydrogens (tertiary/aromatic N) is 3. The predicted molar refractivity (Wildman–Crippen MR) is 129 cm³/mol. The SMILES string of the molecule is Cc1ncccc1N1CC(C(=O)Nc2ccc(C3CCN(C(=O)[C@@H]4CCC(=O)N4)CC3)cc2)C1. The summed E-state index contributed by atoms with van der Waals surface area (Å²) in [6.07, 6.45) is 4.64. The van der Waals surface area contributed by atoms with E-state index in [9.17, 15) is 14.4 Å². The van der Waals surface area contributed by atoms with Crippen molar-refractivity contribution in [1.82, 2.24) is 15.2 Å². The number of amides is 3. The number of carbonyl (C=O) groups is 3. The third-order valence-electron chi connectivity index (χ3n) is 7.32. The van der Waals surface area contributed by atoms with Crippen LogP contribution >= 0.6 is 0 Å². The van der Waals surface area contributed by atoms with E-state index in [1.807, 2.05) is 36.1 Å². The Morgan fingerprint density at radius 1 is 1.06 bits per heavy atom. The Labute approximate surface area is 199 Å². The van der Waals surface area contributed by atoms with Gasteiger partial charge in [-0.3, -0.25) is 19.4 Å². The molecule has 5 rings (SSSR count). The van der Waals surface area contributed by atoms with Gasteiger partial charge in [-0.1, -0.05) is 12.1 Å². The highest BCUT2D eigenvalue weighted by Crippen LogP contribution is 2.30. The van der Waals surface area contributed by atoms with Gasteiger partial charge >= 0.3 is 0 Å². The fourth-order valence-electron chi connectivity index (χ4n) is 5.19. The molecule has 8 heteroatoms. The highest BCUT2D eigenvalue weighted by molar-refractivity contribution is 5.94. The molecule has 0 aliphatic carbocycles. The summed E-state index contributed by atoms with van der Waals surface area (Å²) in [5.41, 5.74) is 4.13. The van der Waals surface area contributed by atoms with Crippen LogP contribution in [-0.4, -0.2) is 59.8 Å². The lowest BCUT2D eigenvalue weighted by Crippen LogP contribution is -2.52. The Hall–Kier alpha value is -3.42. The van der Waals surface area contributed by atoms with Crippen molar-refractivity contribution in [3.8, 4) is 0 Å². The first-order valence-corrected chi connectivity index (χ1v) is 12.1. The van der Waals surface area contributed by atoms with Crippen LogP contribution in [0.4, 0.5) is 11.4 Å². The number of anilines is 2. The van der Waals surface area contributed by atoms with E-state index >= 15 is 0 Å². The van der Waals surface area contributed by atoms with E-state index in [0.29, 0.717) is 44.9 Å². The van der Waals surface area contributed by atoms with Gasteiger partial charge in [0.15, 0.2) is 0 Å². The van der Waals surface area contributed by atoms with Gasteiger partial charge in [0.25, 0.3) is 0 Å². The second kappa shape index (κ2) is 9.44. The molecule has 2 aromatic rings. The normalized spacial score (nSPS) is 21.2. The molecule has 3 fully saturated rings. The molecule has 2 N–H and O–H groups in total. The number of hydrogen-bond acceptors (Lipinski definition) is 5. The minimum atomic E-state index is -0.344. The number of aryl methyl sites for hydroxylation is 1. The van der Waals surface area contributed by atoms with Gasteiger partial charge < -0.3 is 20.4 Å². The average molecular weight is 462 g/mol. The van der Waals surface area contributed by atoms with Crippen LogP contribution in [0.3, 0.4) is 0 Å². The van der Waals surface area contributed by atoms with E-state index < -0.39 is 0 Å². The van der Waals surface area contributed by atoms with Gasteiger partial charge in [-0.15, -0.1) is 0 Å². The third kappa shape index (κ3) is 4.62. The molecule has 1 aromatic carbocycles. The van der Waals surface area contributed by atoms with Crippen LogP contribution in [-0.2, 0) is 14.4 Å². The Morgan fingerprint density at radius 3 is 2.44 bits per heavy atom. The van der Waals surface area contributed by atoms with Crippen molar-refractivity contribution in [3.63, 3.8) is 0 Å². The molecule has 0 radical (unpaired) electrons. The highest BCUT2D eigenvalue weighted by Gasteiger charge is 2.34. The largest absolute Gasteiger partial charge is 0.368 e. The molecular weight excluding hydrogens is 430 g/mol.